The zero-order valence-electron chi connectivity index (χ0n) is 21.5. The number of carbonyl (C=O) groups excluding carboxylic acids is 2. The van der Waals surface area contributed by atoms with Crippen molar-refractivity contribution in [3.8, 4) is 0 Å². The molecule has 0 aliphatic rings. The van der Waals surface area contributed by atoms with Crippen LogP contribution >= 0.6 is 0 Å². The lowest BCUT2D eigenvalue weighted by Gasteiger charge is -2.22. The summed E-state index contributed by atoms with van der Waals surface area (Å²) in [6.07, 6.45) is 15.6. The van der Waals surface area contributed by atoms with Crippen LogP contribution in [-0.2, 0) is 19.1 Å². The molecule has 0 heterocycles. The maximum absolute atomic E-state index is 12.9. The fraction of sp³-hybridized carbons (Fsp3) is 0.923. The lowest BCUT2D eigenvalue weighted by Crippen LogP contribution is -2.40. The van der Waals surface area contributed by atoms with E-state index in [9.17, 15) is 27.2 Å². The molecule has 0 aromatic heterocycles. The van der Waals surface area contributed by atoms with Crippen molar-refractivity contribution < 1.29 is 36.6 Å². The molecule has 0 N–H and O–H groups in total. The molecule has 0 saturated carbocycles. The summed E-state index contributed by atoms with van der Waals surface area (Å²) in [7, 11) is 0. The van der Waals surface area contributed by atoms with Gasteiger partial charge in [-0.3, -0.25) is 9.59 Å². The Balaban J connectivity index is 3.66. The molecule has 4 nitrogen and oxygen atoms in total. The van der Waals surface area contributed by atoms with E-state index in [1.165, 1.54) is 77.0 Å². The van der Waals surface area contributed by atoms with E-state index in [2.05, 4.69) is 11.7 Å². The highest BCUT2D eigenvalue weighted by Crippen LogP contribution is 2.26. The molecule has 0 saturated heterocycles. The molecular weight excluding hydrogens is 452 g/mol. The number of unbranched alkanes of at least 4 members (excludes halogenated alkanes) is 15. The van der Waals surface area contributed by atoms with E-state index in [0.717, 1.165) is 33.1 Å². The molecule has 34 heavy (non-hydrogen) atoms. The molecule has 0 aliphatic carbocycles. The highest BCUT2D eigenvalue weighted by molar-refractivity contribution is 5.99. The Hall–Kier alpha value is -1.34. The Labute approximate surface area is 203 Å². The normalized spacial score (nSPS) is 12.2. The lowest BCUT2D eigenvalue weighted by atomic mass is 9.94. The molecular formula is C26H46F4O4. The van der Waals surface area contributed by atoms with Gasteiger partial charge in [-0.15, -0.1) is 0 Å². The van der Waals surface area contributed by atoms with Crippen LogP contribution in [0.4, 0.5) is 17.6 Å². The molecule has 0 radical (unpaired) electrons. The second-order valence-electron chi connectivity index (χ2n) is 9.70. The van der Waals surface area contributed by atoms with Gasteiger partial charge in [-0.05, 0) is 20.3 Å². The number of hydrogen-bond donors (Lipinski definition) is 0. The smallest absolute Gasteiger partial charge is 0.340 e. The second kappa shape index (κ2) is 18.9. The Bertz CT molecular complexity index is 539. The van der Waals surface area contributed by atoms with Crippen LogP contribution < -0.4 is 0 Å². The van der Waals surface area contributed by atoms with Gasteiger partial charge in [0, 0.05) is 0 Å². The number of ether oxygens (including phenoxy) is 2. The van der Waals surface area contributed by atoms with Crippen LogP contribution in [0.3, 0.4) is 0 Å². The number of halogens is 4. The minimum atomic E-state index is -4.46. The van der Waals surface area contributed by atoms with Crippen molar-refractivity contribution in [1.29, 1.82) is 0 Å². The van der Waals surface area contributed by atoms with Crippen molar-refractivity contribution in [3.05, 3.63) is 0 Å². The van der Waals surface area contributed by atoms with Crippen LogP contribution in [0.2, 0.25) is 0 Å². The van der Waals surface area contributed by atoms with Gasteiger partial charge in [0.2, 0.25) is 0 Å². The third-order valence-electron chi connectivity index (χ3n) is 5.97. The summed E-state index contributed by atoms with van der Waals surface area (Å²) in [5.41, 5.74) is -1.84. The van der Waals surface area contributed by atoms with E-state index < -0.39 is 36.3 Å². The largest absolute Gasteiger partial charge is 0.465 e. The summed E-state index contributed by atoms with van der Waals surface area (Å²) in [4.78, 5) is 23.9. The maximum Gasteiger partial charge on any atom is 0.340 e. The van der Waals surface area contributed by atoms with Gasteiger partial charge in [0.25, 0.3) is 0 Å². The van der Waals surface area contributed by atoms with Crippen molar-refractivity contribution in [2.75, 3.05) is 13.2 Å². The predicted octanol–water partition coefficient (Wildman–Crippen LogP) is 8.26. The third-order valence-corrected chi connectivity index (χ3v) is 5.97. The van der Waals surface area contributed by atoms with E-state index >= 15 is 0 Å². The zero-order valence-corrected chi connectivity index (χ0v) is 21.5. The first kappa shape index (κ1) is 32.7. The third kappa shape index (κ3) is 15.5. The first-order chi connectivity index (χ1) is 16.1. The Morgan fingerprint density at radius 2 is 1.00 bits per heavy atom. The number of carbonyl (C=O) groups is 2. The summed E-state index contributed by atoms with van der Waals surface area (Å²) >= 11 is 0. The van der Waals surface area contributed by atoms with E-state index in [4.69, 9.17) is 4.74 Å². The molecule has 0 rings (SSSR count). The molecule has 0 spiro atoms. The average molecular weight is 499 g/mol. The first-order valence-electron chi connectivity index (χ1n) is 13.1. The molecule has 0 aromatic rings. The van der Waals surface area contributed by atoms with Crippen LogP contribution in [0.25, 0.3) is 0 Å². The molecule has 0 atom stereocenters. The SMILES string of the molecule is CCCCCCCCCCCCCCCCCCOC(=O)C(C)(C)C(=O)OCC(F)(F)C(F)F. The molecule has 0 unspecified atom stereocenters. The molecule has 0 bridgehead atoms. The molecule has 0 aromatic carbocycles. The van der Waals surface area contributed by atoms with Crippen LogP contribution in [0.5, 0.6) is 0 Å². The minimum Gasteiger partial charge on any atom is -0.465 e. The number of esters is 2. The zero-order chi connectivity index (χ0) is 25.9. The van der Waals surface area contributed by atoms with Gasteiger partial charge in [-0.2, -0.15) is 8.78 Å². The summed E-state index contributed by atoms with van der Waals surface area (Å²) in [6.45, 7) is 2.89. The van der Waals surface area contributed by atoms with Gasteiger partial charge in [-0.25, -0.2) is 8.78 Å². The highest BCUT2D eigenvalue weighted by Gasteiger charge is 2.45. The summed E-state index contributed by atoms with van der Waals surface area (Å²) in [6, 6.07) is 0. The van der Waals surface area contributed by atoms with Crippen molar-refractivity contribution in [1.82, 2.24) is 0 Å². The number of alkyl halides is 4. The van der Waals surface area contributed by atoms with Gasteiger partial charge >= 0.3 is 24.3 Å². The maximum atomic E-state index is 12.9. The fourth-order valence-electron chi connectivity index (χ4n) is 3.48. The van der Waals surface area contributed by atoms with Crippen LogP contribution in [-0.4, -0.2) is 37.5 Å². The van der Waals surface area contributed by atoms with Gasteiger partial charge in [-0.1, -0.05) is 103 Å². The Morgan fingerprint density at radius 3 is 1.38 bits per heavy atom. The van der Waals surface area contributed by atoms with Crippen molar-refractivity contribution in [2.24, 2.45) is 5.41 Å². The van der Waals surface area contributed by atoms with Crippen molar-refractivity contribution in [2.45, 2.75) is 136 Å². The molecule has 202 valence electrons. The predicted molar refractivity (Wildman–Crippen MR) is 126 cm³/mol. The lowest BCUT2D eigenvalue weighted by molar-refractivity contribution is -0.190. The van der Waals surface area contributed by atoms with Crippen LogP contribution in [0, 0.1) is 5.41 Å². The van der Waals surface area contributed by atoms with Crippen LogP contribution in [0.1, 0.15) is 124 Å². The summed E-state index contributed by atoms with van der Waals surface area (Å²) in [5, 5.41) is 0. The van der Waals surface area contributed by atoms with Crippen molar-refractivity contribution in [3.63, 3.8) is 0 Å². The quantitative estimate of drug-likeness (QED) is 0.0652. The topological polar surface area (TPSA) is 52.6 Å². The Morgan fingerprint density at radius 1 is 0.647 bits per heavy atom. The highest BCUT2D eigenvalue weighted by atomic mass is 19.3. The van der Waals surface area contributed by atoms with Gasteiger partial charge < -0.3 is 9.47 Å². The van der Waals surface area contributed by atoms with Crippen LogP contribution in [0.15, 0.2) is 0 Å². The Kier molecular flexibility index (Phi) is 18.2. The van der Waals surface area contributed by atoms with E-state index in [1.807, 2.05) is 0 Å². The number of hydrogen-bond acceptors (Lipinski definition) is 4. The molecule has 0 fully saturated rings. The van der Waals surface area contributed by atoms with Gasteiger partial charge in [0.1, 0.15) is 0 Å². The summed E-state index contributed by atoms with van der Waals surface area (Å²) < 4.78 is 59.3. The van der Waals surface area contributed by atoms with E-state index in [0.29, 0.717) is 6.42 Å². The monoisotopic (exact) mass is 498 g/mol. The molecule has 0 aliphatic heterocycles. The second-order valence-corrected chi connectivity index (χ2v) is 9.70. The fourth-order valence-corrected chi connectivity index (χ4v) is 3.48. The summed E-state index contributed by atoms with van der Waals surface area (Å²) in [5.74, 6) is -6.69. The van der Waals surface area contributed by atoms with Gasteiger partial charge in [0.05, 0.1) is 6.61 Å². The molecule has 0 amide bonds. The first-order valence-corrected chi connectivity index (χ1v) is 13.1. The van der Waals surface area contributed by atoms with Crippen molar-refractivity contribution >= 4 is 11.9 Å². The van der Waals surface area contributed by atoms with Gasteiger partial charge in [0.15, 0.2) is 12.0 Å². The molecule has 8 heteroatoms. The number of rotatable bonds is 22. The minimum absolute atomic E-state index is 0.112. The standard InChI is InChI=1S/C26H46F4O4/c1-4-5-6-7-8-9-10-11-12-13-14-15-16-17-18-19-20-33-23(31)25(2,3)24(32)34-21-26(29,30)22(27)28/h22H,4-21H2,1-3H3. The van der Waals surface area contributed by atoms with E-state index in [-0.39, 0.29) is 6.61 Å². The van der Waals surface area contributed by atoms with E-state index in [1.54, 1.807) is 0 Å². The average Bonchev–Trinajstić information content (AvgIpc) is 2.79.